The van der Waals surface area contributed by atoms with Crippen LogP contribution in [0.15, 0.2) is 89.6 Å². The van der Waals surface area contributed by atoms with Gasteiger partial charge in [-0.3, -0.25) is 4.79 Å². The van der Waals surface area contributed by atoms with Crippen molar-refractivity contribution in [3.63, 3.8) is 0 Å². The number of amides is 1. The number of hydrogen-bond acceptors (Lipinski definition) is 7. The van der Waals surface area contributed by atoms with Gasteiger partial charge in [-0.05, 0) is 37.1 Å². The Hall–Kier alpha value is -4.98. The molecule has 5 rings (SSSR count). The molecule has 3 aromatic carbocycles. The molecule has 0 unspecified atom stereocenters. The summed E-state index contributed by atoms with van der Waals surface area (Å²) in [6.45, 7) is 3.87. The summed E-state index contributed by atoms with van der Waals surface area (Å²) in [6.07, 6.45) is 1.55. The normalized spacial score (nSPS) is 10.7. The van der Waals surface area contributed by atoms with Crippen LogP contribution >= 0.6 is 0 Å². The molecule has 2 heterocycles. The van der Waals surface area contributed by atoms with Crippen LogP contribution in [0, 0.1) is 13.8 Å². The minimum Gasteiger partial charge on any atom is -0.437 e. The fourth-order valence-corrected chi connectivity index (χ4v) is 3.95. The summed E-state index contributed by atoms with van der Waals surface area (Å²) in [6, 6.07) is 24.1. The Bertz CT molecular complexity index is 1510. The first kappa shape index (κ1) is 22.8. The van der Waals surface area contributed by atoms with E-state index in [1.165, 1.54) is 0 Å². The SMILES string of the molecule is Cc1cccc(C)c1NC(=O)c1c(Oc2ccccc2-c2ccno2)nc(N)nc1-c1ccccc1. The summed E-state index contributed by atoms with van der Waals surface area (Å²) < 4.78 is 11.6. The van der Waals surface area contributed by atoms with E-state index in [9.17, 15) is 4.79 Å². The number of carbonyl (C=O) groups excluding carboxylic acids is 1. The third-order valence-electron chi connectivity index (χ3n) is 5.68. The second-order valence-electron chi connectivity index (χ2n) is 8.17. The highest BCUT2D eigenvalue weighted by Gasteiger charge is 2.25. The summed E-state index contributed by atoms with van der Waals surface area (Å²) in [7, 11) is 0. The number of ether oxygens (including phenoxy) is 1. The Morgan fingerprint density at radius 3 is 2.33 bits per heavy atom. The molecule has 0 aliphatic rings. The maximum Gasteiger partial charge on any atom is 0.263 e. The van der Waals surface area contributed by atoms with Crippen molar-refractivity contribution in [2.24, 2.45) is 0 Å². The van der Waals surface area contributed by atoms with Gasteiger partial charge in [0.15, 0.2) is 5.76 Å². The van der Waals surface area contributed by atoms with E-state index >= 15 is 0 Å². The molecule has 1 amide bonds. The maximum atomic E-state index is 13.8. The van der Waals surface area contributed by atoms with Gasteiger partial charge in [0, 0.05) is 17.3 Å². The van der Waals surface area contributed by atoms with E-state index in [0.29, 0.717) is 34.0 Å². The van der Waals surface area contributed by atoms with E-state index < -0.39 is 5.91 Å². The molecule has 5 aromatic rings. The lowest BCUT2D eigenvalue weighted by Crippen LogP contribution is -2.18. The number of carbonyl (C=O) groups is 1. The van der Waals surface area contributed by atoms with Crippen LogP contribution in [0.5, 0.6) is 11.6 Å². The van der Waals surface area contributed by atoms with Crippen LogP contribution in [0.3, 0.4) is 0 Å². The number of nitrogens with one attached hydrogen (secondary N) is 1. The third kappa shape index (κ3) is 4.52. The first-order chi connectivity index (χ1) is 17.5. The first-order valence-electron chi connectivity index (χ1n) is 11.3. The first-order valence-corrected chi connectivity index (χ1v) is 11.3. The Morgan fingerprint density at radius 2 is 1.61 bits per heavy atom. The molecule has 2 aromatic heterocycles. The zero-order valence-electron chi connectivity index (χ0n) is 19.7. The van der Waals surface area contributed by atoms with Crippen molar-refractivity contribution in [2.75, 3.05) is 11.1 Å². The van der Waals surface area contributed by atoms with Gasteiger partial charge in [-0.15, -0.1) is 0 Å². The molecule has 0 aliphatic carbocycles. The fraction of sp³-hybridized carbons (Fsp3) is 0.0714. The van der Waals surface area contributed by atoms with Crippen molar-refractivity contribution in [3.05, 3.63) is 102 Å². The van der Waals surface area contributed by atoms with E-state index in [4.69, 9.17) is 15.0 Å². The molecule has 36 heavy (non-hydrogen) atoms. The highest BCUT2D eigenvalue weighted by atomic mass is 16.5. The van der Waals surface area contributed by atoms with Crippen LogP contribution in [0.1, 0.15) is 21.5 Å². The number of benzene rings is 3. The average Bonchev–Trinajstić information content (AvgIpc) is 3.42. The van der Waals surface area contributed by atoms with Gasteiger partial charge < -0.3 is 20.3 Å². The summed E-state index contributed by atoms with van der Waals surface area (Å²) in [5.74, 6) is 0.519. The molecular formula is C28H23N5O3. The van der Waals surface area contributed by atoms with Gasteiger partial charge in [0.2, 0.25) is 11.8 Å². The van der Waals surface area contributed by atoms with Gasteiger partial charge in [-0.25, -0.2) is 4.98 Å². The van der Waals surface area contributed by atoms with Crippen LogP contribution in [-0.2, 0) is 0 Å². The monoisotopic (exact) mass is 477 g/mol. The summed E-state index contributed by atoms with van der Waals surface area (Å²) in [5.41, 5.74) is 10.5. The average molecular weight is 478 g/mol. The third-order valence-corrected chi connectivity index (χ3v) is 5.68. The van der Waals surface area contributed by atoms with E-state index in [2.05, 4.69) is 20.4 Å². The quantitative estimate of drug-likeness (QED) is 0.306. The van der Waals surface area contributed by atoms with Crippen molar-refractivity contribution >= 4 is 17.5 Å². The second-order valence-corrected chi connectivity index (χ2v) is 8.17. The second kappa shape index (κ2) is 9.71. The van der Waals surface area contributed by atoms with Crippen LogP contribution in [0.2, 0.25) is 0 Å². The van der Waals surface area contributed by atoms with Crippen molar-refractivity contribution < 1.29 is 14.1 Å². The van der Waals surface area contributed by atoms with E-state index in [0.717, 1.165) is 11.1 Å². The lowest BCUT2D eigenvalue weighted by Gasteiger charge is -2.17. The molecule has 0 radical (unpaired) electrons. The molecule has 178 valence electrons. The molecule has 0 aliphatic heterocycles. The number of aromatic nitrogens is 3. The standard InChI is InChI=1S/C28H23N5O3/c1-17-9-8-10-18(2)24(17)31-26(34)23-25(19-11-4-3-5-12-19)32-28(29)33-27(23)35-21-14-7-6-13-20(21)22-15-16-30-36-22/h3-16H,1-2H3,(H,31,34)(H2,29,32,33). The smallest absolute Gasteiger partial charge is 0.263 e. The minimum absolute atomic E-state index is 0.0235. The number of rotatable bonds is 6. The van der Waals surface area contributed by atoms with Gasteiger partial charge >= 0.3 is 0 Å². The Morgan fingerprint density at radius 1 is 0.889 bits per heavy atom. The highest BCUT2D eigenvalue weighted by Crippen LogP contribution is 2.37. The number of nitrogens with zero attached hydrogens (tertiary/aromatic N) is 3. The Balaban J connectivity index is 1.66. The fourth-order valence-electron chi connectivity index (χ4n) is 3.95. The molecule has 8 nitrogen and oxygen atoms in total. The molecule has 0 saturated heterocycles. The summed E-state index contributed by atoms with van der Waals surface area (Å²) in [5, 5.41) is 6.81. The van der Waals surface area contributed by atoms with Crippen molar-refractivity contribution in [2.45, 2.75) is 13.8 Å². The lowest BCUT2D eigenvalue weighted by atomic mass is 10.0. The zero-order valence-corrected chi connectivity index (χ0v) is 19.7. The van der Waals surface area contributed by atoms with Crippen LogP contribution in [0.4, 0.5) is 11.6 Å². The van der Waals surface area contributed by atoms with E-state index in [1.807, 2.05) is 80.6 Å². The van der Waals surface area contributed by atoms with Gasteiger partial charge in [-0.1, -0.05) is 65.8 Å². The molecule has 8 heteroatoms. The number of aryl methyl sites for hydroxylation is 2. The highest BCUT2D eigenvalue weighted by molar-refractivity contribution is 6.10. The topological polar surface area (TPSA) is 116 Å². The molecule has 0 bridgehead atoms. The number of nitrogens with two attached hydrogens (primary N) is 1. The number of hydrogen-bond donors (Lipinski definition) is 2. The van der Waals surface area contributed by atoms with Crippen molar-refractivity contribution in [3.8, 4) is 34.2 Å². The molecule has 0 spiro atoms. The molecular weight excluding hydrogens is 454 g/mol. The number of nitrogen functional groups attached to an aromatic ring is 1. The summed E-state index contributed by atoms with van der Waals surface area (Å²) >= 11 is 0. The number of anilines is 2. The molecule has 0 saturated carbocycles. The van der Waals surface area contributed by atoms with Crippen molar-refractivity contribution in [1.29, 1.82) is 0 Å². The maximum absolute atomic E-state index is 13.8. The minimum atomic E-state index is -0.418. The molecule has 0 atom stereocenters. The Labute approximate surface area is 207 Å². The van der Waals surface area contributed by atoms with E-state index in [-0.39, 0.29) is 17.4 Å². The Kier molecular flexibility index (Phi) is 6.15. The zero-order chi connectivity index (χ0) is 25.1. The van der Waals surface area contributed by atoms with Gasteiger partial charge in [0.25, 0.3) is 5.91 Å². The van der Waals surface area contributed by atoms with E-state index in [1.54, 1.807) is 18.3 Å². The predicted octanol–water partition coefficient (Wildman–Crippen LogP) is 6.04. The molecule has 3 N–H and O–H groups in total. The number of para-hydroxylation sites is 2. The predicted molar refractivity (Wildman–Crippen MR) is 138 cm³/mol. The largest absolute Gasteiger partial charge is 0.437 e. The van der Waals surface area contributed by atoms with Gasteiger partial charge in [0.1, 0.15) is 11.3 Å². The molecule has 0 fully saturated rings. The van der Waals surface area contributed by atoms with Gasteiger partial charge in [-0.2, -0.15) is 4.98 Å². The van der Waals surface area contributed by atoms with Gasteiger partial charge in [0.05, 0.1) is 17.5 Å². The van der Waals surface area contributed by atoms with Crippen molar-refractivity contribution in [1.82, 2.24) is 15.1 Å². The van der Waals surface area contributed by atoms with Crippen LogP contribution in [-0.4, -0.2) is 21.0 Å². The lowest BCUT2D eigenvalue weighted by molar-refractivity contribution is 0.102. The van der Waals surface area contributed by atoms with Crippen LogP contribution < -0.4 is 15.8 Å². The summed E-state index contributed by atoms with van der Waals surface area (Å²) in [4.78, 5) is 22.6. The van der Waals surface area contributed by atoms with Crippen LogP contribution in [0.25, 0.3) is 22.6 Å².